The fraction of sp³-hybridized carbons (Fsp3) is 0.600. The fourth-order valence-corrected chi connectivity index (χ4v) is 2.65. The van der Waals surface area contributed by atoms with Crippen molar-refractivity contribution in [1.29, 1.82) is 0 Å². The van der Waals surface area contributed by atoms with Crippen molar-refractivity contribution in [2.24, 2.45) is 11.7 Å². The van der Waals surface area contributed by atoms with Crippen molar-refractivity contribution in [3.05, 3.63) is 35.4 Å². The van der Waals surface area contributed by atoms with Gasteiger partial charge in [0.2, 0.25) is 0 Å². The molecule has 0 heterocycles. The maximum Gasteiger partial charge on any atom is 0.0208 e. The molecule has 0 aromatic heterocycles. The van der Waals surface area contributed by atoms with Gasteiger partial charge in [0.15, 0.2) is 0 Å². The monoisotopic (exact) mass is 232 g/mol. The van der Waals surface area contributed by atoms with Crippen LogP contribution in [0.5, 0.6) is 0 Å². The zero-order chi connectivity index (χ0) is 12.1. The number of benzene rings is 1. The van der Waals surface area contributed by atoms with Gasteiger partial charge in [-0.2, -0.15) is 0 Å². The lowest BCUT2D eigenvalue weighted by Crippen LogP contribution is -2.25. The molecule has 2 nitrogen and oxygen atoms in total. The molecule has 94 valence electrons. The summed E-state index contributed by atoms with van der Waals surface area (Å²) in [6, 6.07) is 9.56. The van der Waals surface area contributed by atoms with E-state index in [0.717, 1.165) is 31.5 Å². The van der Waals surface area contributed by atoms with E-state index in [0.29, 0.717) is 0 Å². The molecule has 1 aromatic carbocycles. The summed E-state index contributed by atoms with van der Waals surface area (Å²) >= 11 is 0. The van der Waals surface area contributed by atoms with Gasteiger partial charge in [0, 0.05) is 12.6 Å². The van der Waals surface area contributed by atoms with Crippen LogP contribution < -0.4 is 11.1 Å². The Labute approximate surface area is 105 Å². The zero-order valence-electron chi connectivity index (χ0n) is 10.8. The molecule has 1 aliphatic carbocycles. The molecule has 2 unspecified atom stereocenters. The van der Waals surface area contributed by atoms with E-state index >= 15 is 0 Å². The van der Waals surface area contributed by atoms with Crippen LogP contribution in [0, 0.1) is 5.92 Å². The highest BCUT2D eigenvalue weighted by Gasteiger charge is 2.20. The molecule has 1 fully saturated rings. The number of rotatable bonds is 5. The van der Waals surface area contributed by atoms with E-state index in [1.54, 1.807) is 0 Å². The lowest BCUT2D eigenvalue weighted by atomic mass is 10.1. The van der Waals surface area contributed by atoms with Crippen LogP contribution in [0.1, 0.15) is 37.3 Å². The van der Waals surface area contributed by atoms with Gasteiger partial charge in [0.1, 0.15) is 0 Å². The number of hydrogen-bond acceptors (Lipinski definition) is 2. The zero-order valence-corrected chi connectivity index (χ0v) is 10.8. The molecule has 3 N–H and O–H groups in total. The highest BCUT2D eigenvalue weighted by Crippen LogP contribution is 2.24. The molecule has 1 aromatic rings. The van der Waals surface area contributed by atoms with Crippen molar-refractivity contribution in [1.82, 2.24) is 5.32 Å². The summed E-state index contributed by atoms with van der Waals surface area (Å²) in [5.41, 5.74) is 8.26. The quantitative estimate of drug-likeness (QED) is 0.818. The van der Waals surface area contributed by atoms with Crippen molar-refractivity contribution in [3.8, 4) is 0 Å². The minimum absolute atomic E-state index is 0.730. The third kappa shape index (κ3) is 3.83. The molecule has 0 amide bonds. The Kier molecular flexibility index (Phi) is 4.57. The van der Waals surface area contributed by atoms with Gasteiger partial charge in [-0.1, -0.05) is 31.2 Å². The molecule has 1 aliphatic rings. The van der Waals surface area contributed by atoms with Gasteiger partial charge in [-0.25, -0.2) is 0 Å². The first kappa shape index (κ1) is 12.6. The summed E-state index contributed by atoms with van der Waals surface area (Å²) < 4.78 is 0. The van der Waals surface area contributed by atoms with E-state index in [2.05, 4.69) is 36.5 Å². The highest BCUT2D eigenvalue weighted by molar-refractivity contribution is 5.22. The Hall–Kier alpha value is -0.860. The van der Waals surface area contributed by atoms with Gasteiger partial charge in [-0.15, -0.1) is 0 Å². The second-order valence-electron chi connectivity index (χ2n) is 5.35. The average Bonchev–Trinajstić information content (AvgIpc) is 2.75. The number of nitrogens with one attached hydrogen (secondary N) is 1. The second-order valence-corrected chi connectivity index (χ2v) is 5.35. The van der Waals surface area contributed by atoms with Crippen molar-refractivity contribution in [2.45, 2.75) is 45.2 Å². The summed E-state index contributed by atoms with van der Waals surface area (Å²) in [4.78, 5) is 0. The standard InChI is InChI=1S/C15H24N2/c1-12-2-7-15(10-12)17-11-14-5-3-13(4-6-14)8-9-16/h3-6,12,15,17H,2,7-11,16H2,1H3. The summed E-state index contributed by atoms with van der Waals surface area (Å²) in [5, 5.41) is 3.66. The molecule has 2 rings (SSSR count). The SMILES string of the molecule is CC1CCC(NCc2ccc(CCN)cc2)C1. The van der Waals surface area contributed by atoms with Crippen LogP contribution in [-0.4, -0.2) is 12.6 Å². The van der Waals surface area contributed by atoms with E-state index in [1.807, 2.05) is 0 Å². The van der Waals surface area contributed by atoms with E-state index in [-0.39, 0.29) is 0 Å². The molecule has 17 heavy (non-hydrogen) atoms. The number of nitrogens with two attached hydrogens (primary N) is 1. The summed E-state index contributed by atoms with van der Waals surface area (Å²) in [7, 11) is 0. The molecular weight excluding hydrogens is 208 g/mol. The first-order chi connectivity index (χ1) is 8.28. The first-order valence-electron chi connectivity index (χ1n) is 6.79. The summed E-state index contributed by atoms with van der Waals surface area (Å²) in [6.07, 6.45) is 5.04. The molecule has 0 bridgehead atoms. The van der Waals surface area contributed by atoms with Gasteiger partial charge >= 0.3 is 0 Å². The van der Waals surface area contributed by atoms with Gasteiger partial charge in [-0.05, 0) is 49.3 Å². The van der Waals surface area contributed by atoms with Crippen LogP contribution >= 0.6 is 0 Å². The summed E-state index contributed by atoms with van der Waals surface area (Å²) in [5.74, 6) is 0.902. The second kappa shape index (κ2) is 6.18. The van der Waals surface area contributed by atoms with E-state index in [9.17, 15) is 0 Å². The third-order valence-corrected chi connectivity index (χ3v) is 3.75. The van der Waals surface area contributed by atoms with Gasteiger partial charge in [0.05, 0.1) is 0 Å². The Morgan fingerprint density at radius 2 is 1.88 bits per heavy atom. The minimum Gasteiger partial charge on any atom is -0.330 e. The molecular formula is C15H24N2. The Morgan fingerprint density at radius 3 is 2.47 bits per heavy atom. The number of hydrogen-bond donors (Lipinski definition) is 2. The molecule has 0 spiro atoms. The van der Waals surface area contributed by atoms with Crippen molar-refractivity contribution < 1.29 is 0 Å². The predicted octanol–water partition coefficient (Wildman–Crippen LogP) is 2.47. The van der Waals surface area contributed by atoms with Crippen LogP contribution in [0.15, 0.2) is 24.3 Å². The van der Waals surface area contributed by atoms with E-state index in [4.69, 9.17) is 5.73 Å². The van der Waals surface area contributed by atoms with Gasteiger partial charge in [-0.3, -0.25) is 0 Å². The topological polar surface area (TPSA) is 38.0 Å². The predicted molar refractivity (Wildman–Crippen MR) is 72.8 cm³/mol. The van der Waals surface area contributed by atoms with Crippen LogP contribution in [-0.2, 0) is 13.0 Å². The molecule has 0 radical (unpaired) electrons. The van der Waals surface area contributed by atoms with Crippen LogP contribution in [0.3, 0.4) is 0 Å². The maximum atomic E-state index is 5.54. The molecule has 0 aliphatic heterocycles. The largest absolute Gasteiger partial charge is 0.330 e. The van der Waals surface area contributed by atoms with E-state index in [1.165, 1.54) is 30.4 Å². The van der Waals surface area contributed by atoms with Crippen LogP contribution in [0.2, 0.25) is 0 Å². The van der Waals surface area contributed by atoms with Crippen LogP contribution in [0.4, 0.5) is 0 Å². The van der Waals surface area contributed by atoms with Crippen LogP contribution in [0.25, 0.3) is 0 Å². The normalized spacial score (nSPS) is 24.1. The van der Waals surface area contributed by atoms with Crippen molar-refractivity contribution in [3.63, 3.8) is 0 Å². The Bertz CT molecular complexity index is 331. The lowest BCUT2D eigenvalue weighted by molar-refractivity contribution is 0.502. The minimum atomic E-state index is 0.730. The molecule has 0 saturated heterocycles. The molecule has 1 saturated carbocycles. The lowest BCUT2D eigenvalue weighted by Gasteiger charge is -2.12. The fourth-order valence-electron chi connectivity index (χ4n) is 2.65. The maximum absolute atomic E-state index is 5.54. The Balaban J connectivity index is 1.78. The highest BCUT2D eigenvalue weighted by atomic mass is 14.9. The van der Waals surface area contributed by atoms with Gasteiger partial charge < -0.3 is 11.1 Å². The summed E-state index contributed by atoms with van der Waals surface area (Å²) in [6.45, 7) is 4.08. The average molecular weight is 232 g/mol. The van der Waals surface area contributed by atoms with E-state index < -0.39 is 0 Å². The third-order valence-electron chi connectivity index (χ3n) is 3.75. The molecule has 2 heteroatoms. The molecule has 2 atom stereocenters. The van der Waals surface area contributed by atoms with Crippen molar-refractivity contribution in [2.75, 3.05) is 6.54 Å². The first-order valence-corrected chi connectivity index (χ1v) is 6.79. The van der Waals surface area contributed by atoms with Gasteiger partial charge in [0.25, 0.3) is 0 Å². The smallest absolute Gasteiger partial charge is 0.0208 e. The van der Waals surface area contributed by atoms with Crippen molar-refractivity contribution >= 4 is 0 Å². The Morgan fingerprint density at radius 1 is 1.18 bits per heavy atom.